The second-order valence-corrected chi connectivity index (χ2v) is 16.4. The number of ether oxygens (including phenoxy) is 3. The average molecular weight is 836 g/mol. The van der Waals surface area contributed by atoms with Gasteiger partial charge >= 0.3 is 17.0 Å². The molecule has 1 amide bonds. The molecule has 2 aromatic rings. The highest BCUT2D eigenvalue weighted by molar-refractivity contribution is 6.61. The molecule has 0 N–H and O–H groups in total. The third kappa shape index (κ3) is 15.4. The van der Waals surface area contributed by atoms with Crippen LogP contribution in [-0.4, -0.2) is 80.9 Å². The minimum atomic E-state index is -0.873. The van der Waals surface area contributed by atoms with Crippen molar-refractivity contribution in [1.29, 1.82) is 0 Å². The van der Waals surface area contributed by atoms with Crippen LogP contribution in [0.15, 0.2) is 60.7 Å². The molecular weight excluding hydrogens is 783 g/mol. The molecule has 11 nitrogen and oxygen atoms in total. The van der Waals surface area contributed by atoms with E-state index in [2.05, 4.69) is 21.4 Å². The largest absolute Gasteiger partial charge is 0.449 e. The van der Waals surface area contributed by atoms with Crippen molar-refractivity contribution in [2.24, 2.45) is 11.8 Å². The normalized spacial score (nSPS) is 26.0. The van der Waals surface area contributed by atoms with Crippen molar-refractivity contribution in [3.8, 4) is 0 Å². The molecular formula is C42H53Cl3N2O9. The summed E-state index contributed by atoms with van der Waals surface area (Å²) in [6, 6.07) is 20.3. The van der Waals surface area contributed by atoms with E-state index in [9.17, 15) is 28.8 Å². The Kier molecular flexibility index (Phi) is 18.6. The monoisotopic (exact) mass is 834 g/mol. The number of ketones is 3. The minimum Gasteiger partial charge on any atom is -0.449 e. The first-order chi connectivity index (χ1) is 26.8. The predicted molar refractivity (Wildman–Crippen MR) is 214 cm³/mol. The molecule has 0 radical (unpaired) electrons. The first kappa shape index (κ1) is 45.2. The van der Waals surface area contributed by atoms with Crippen LogP contribution in [0.4, 0.5) is 14.4 Å². The predicted octanol–water partition coefficient (Wildman–Crippen LogP) is 9.61. The van der Waals surface area contributed by atoms with Crippen molar-refractivity contribution in [3.05, 3.63) is 71.8 Å². The highest BCUT2D eigenvalue weighted by Crippen LogP contribution is 2.40. The topological polar surface area (TPSA) is 137 Å². The fourth-order valence-corrected chi connectivity index (χ4v) is 8.69. The van der Waals surface area contributed by atoms with Gasteiger partial charge in [-0.15, -0.1) is 0 Å². The molecule has 2 aromatic carbocycles. The third-order valence-electron chi connectivity index (χ3n) is 11.0. The lowest BCUT2D eigenvalue weighted by Crippen LogP contribution is -2.46. The van der Waals surface area contributed by atoms with Gasteiger partial charge < -0.3 is 19.1 Å². The van der Waals surface area contributed by atoms with Crippen molar-refractivity contribution < 1.29 is 43.0 Å². The Morgan fingerprint density at radius 3 is 1.45 bits per heavy atom. The molecule has 6 fully saturated rings. The van der Waals surface area contributed by atoms with Crippen LogP contribution in [0.3, 0.4) is 0 Å². The summed E-state index contributed by atoms with van der Waals surface area (Å²) in [6.07, 6.45) is 12.5. The maximum atomic E-state index is 12.1. The van der Waals surface area contributed by atoms with Crippen LogP contribution in [0, 0.1) is 11.8 Å². The van der Waals surface area contributed by atoms with E-state index in [-0.39, 0.29) is 30.6 Å². The molecule has 14 heteroatoms. The fourth-order valence-electron chi connectivity index (χ4n) is 8.37. The minimum absolute atomic E-state index is 0.0644. The molecule has 7 unspecified atom stereocenters. The zero-order valence-corrected chi connectivity index (χ0v) is 34.4. The molecule has 4 aliphatic heterocycles. The van der Waals surface area contributed by atoms with Gasteiger partial charge in [0.25, 0.3) is 0 Å². The second kappa shape index (κ2) is 23.0. The summed E-state index contributed by atoms with van der Waals surface area (Å²) in [5.74, 6) is 2.85. The maximum Gasteiger partial charge on any atom is 0.410 e. The summed E-state index contributed by atoms with van der Waals surface area (Å²) in [5, 5.41) is 0. The number of halogens is 3. The lowest BCUT2D eigenvalue weighted by Gasteiger charge is -2.33. The van der Waals surface area contributed by atoms with Crippen LogP contribution in [0.2, 0.25) is 0 Å². The number of fused-ring (bicyclic) bond motifs is 6. The maximum absolute atomic E-state index is 12.1. The Balaban J connectivity index is 0.000000164. The van der Waals surface area contributed by atoms with Gasteiger partial charge in [0, 0.05) is 85.9 Å². The molecule has 4 heterocycles. The number of alkyl halides is 1. The average Bonchev–Trinajstić information content (AvgIpc) is 3.71. The van der Waals surface area contributed by atoms with Gasteiger partial charge in [0.15, 0.2) is 5.56 Å². The molecule has 306 valence electrons. The van der Waals surface area contributed by atoms with Crippen molar-refractivity contribution >= 4 is 69.1 Å². The number of nitrogens with zero attached hydrogens (tertiary/aromatic N) is 2. The van der Waals surface area contributed by atoms with E-state index in [0.29, 0.717) is 43.1 Å². The van der Waals surface area contributed by atoms with Crippen LogP contribution in [0.1, 0.15) is 102 Å². The summed E-state index contributed by atoms with van der Waals surface area (Å²) in [5.41, 5.74) is -0.362. The number of rotatable bonds is 5. The number of carbonyl (C=O) groups is 6. The van der Waals surface area contributed by atoms with E-state index in [1.807, 2.05) is 60.7 Å². The fraction of sp³-hybridized carbons (Fsp3) is 0.571. The van der Waals surface area contributed by atoms with Crippen LogP contribution < -0.4 is 0 Å². The summed E-state index contributed by atoms with van der Waals surface area (Å²) < 4.78 is 14.1. The van der Waals surface area contributed by atoms with E-state index in [0.717, 1.165) is 61.5 Å². The molecule has 4 saturated heterocycles. The van der Waals surface area contributed by atoms with Crippen LogP contribution in [0.25, 0.3) is 0 Å². The molecule has 6 aliphatic rings. The van der Waals surface area contributed by atoms with Crippen molar-refractivity contribution in [2.75, 3.05) is 7.05 Å². The number of piperidine rings is 2. The molecule has 6 bridgehead atoms. The highest BCUT2D eigenvalue weighted by Gasteiger charge is 2.43. The van der Waals surface area contributed by atoms with Crippen molar-refractivity contribution in [2.45, 2.75) is 133 Å². The van der Waals surface area contributed by atoms with Gasteiger partial charge in [-0.25, -0.2) is 14.4 Å². The molecule has 7 atom stereocenters. The SMILES string of the molecule is CC(Cl)OC(=O)Cl.CN1C2CCC1CC(=O)C2.O=C(Cl)OCc1ccccc1.O=C1CC2CCC(C1)C2.O=C1CC2CCC(C1)N2C(=O)OCc1ccccc1. The second-order valence-electron chi connectivity index (χ2n) is 15.2. The van der Waals surface area contributed by atoms with E-state index in [1.165, 1.54) is 39.0 Å². The Labute approximate surface area is 344 Å². The van der Waals surface area contributed by atoms with Gasteiger partial charge in [0.2, 0.25) is 0 Å². The first-order valence-electron chi connectivity index (χ1n) is 19.4. The van der Waals surface area contributed by atoms with Crippen molar-refractivity contribution in [3.63, 3.8) is 0 Å². The molecule has 0 spiro atoms. The van der Waals surface area contributed by atoms with Gasteiger partial charge in [-0.1, -0.05) is 72.3 Å². The van der Waals surface area contributed by atoms with Crippen LogP contribution >= 0.6 is 34.8 Å². The summed E-state index contributed by atoms with van der Waals surface area (Å²) in [4.78, 5) is 69.6. The zero-order chi connectivity index (χ0) is 40.6. The van der Waals surface area contributed by atoms with Gasteiger partial charge in [0.05, 0.1) is 0 Å². The van der Waals surface area contributed by atoms with Gasteiger partial charge in [-0.05, 0) is 81.9 Å². The molecule has 0 aromatic heterocycles. The van der Waals surface area contributed by atoms with E-state index >= 15 is 0 Å². The standard InChI is InChI=1S/C15H17NO3.C8H7ClO2.C8H13NO.C8H12O.C3H4Cl2O2/c17-14-8-12-6-7-13(9-14)16(12)15(18)19-10-11-4-2-1-3-5-11;9-8(10)11-6-7-4-2-1-3-5-7;1-9-6-2-3-7(9)5-8(10)4-6;9-8-4-6-1-2-7(3-6)5-8;1-2(4)7-3(5)6/h1-5,12-13H,6-10H2;1-5H,6H2;6-7H,2-5H2,1H3;6-7H,1-5H2;2H,1H3. The van der Waals surface area contributed by atoms with Crippen LogP contribution in [-0.2, 0) is 41.8 Å². The molecule has 2 saturated carbocycles. The number of Topliss-reactive ketones (excluding diaryl/α,β-unsaturated/α-hetero) is 3. The Hall–Kier alpha value is -3.51. The lowest BCUT2D eigenvalue weighted by atomic mass is 9.88. The lowest BCUT2D eigenvalue weighted by molar-refractivity contribution is -0.124. The van der Waals surface area contributed by atoms with E-state index in [1.54, 1.807) is 4.90 Å². The van der Waals surface area contributed by atoms with Gasteiger partial charge in [0.1, 0.15) is 30.6 Å². The number of amides is 1. The van der Waals surface area contributed by atoms with E-state index < -0.39 is 16.4 Å². The first-order valence-corrected chi connectivity index (χ1v) is 20.6. The van der Waals surface area contributed by atoms with Gasteiger partial charge in [-0.2, -0.15) is 0 Å². The third-order valence-corrected chi connectivity index (χ3v) is 11.3. The van der Waals surface area contributed by atoms with Crippen LogP contribution in [0.5, 0.6) is 0 Å². The number of benzene rings is 2. The molecule has 56 heavy (non-hydrogen) atoms. The smallest absolute Gasteiger partial charge is 0.410 e. The summed E-state index contributed by atoms with van der Waals surface area (Å²) in [6.45, 7) is 2.04. The summed E-state index contributed by atoms with van der Waals surface area (Å²) in [7, 11) is 2.15. The molecule has 8 rings (SSSR count). The Morgan fingerprint density at radius 2 is 1.04 bits per heavy atom. The summed E-state index contributed by atoms with van der Waals surface area (Å²) >= 11 is 14.8. The number of hydrogen-bond acceptors (Lipinski definition) is 10. The van der Waals surface area contributed by atoms with E-state index in [4.69, 9.17) is 39.5 Å². The zero-order valence-electron chi connectivity index (χ0n) is 32.1. The van der Waals surface area contributed by atoms with Crippen molar-refractivity contribution in [1.82, 2.24) is 9.80 Å². The molecule has 2 aliphatic carbocycles. The highest BCUT2D eigenvalue weighted by atomic mass is 35.5. The van der Waals surface area contributed by atoms with Gasteiger partial charge in [-0.3, -0.25) is 19.3 Å². The Morgan fingerprint density at radius 1 is 0.625 bits per heavy atom. The quantitative estimate of drug-likeness (QED) is 0.163. The Bertz CT molecular complexity index is 1570. The number of carbonyl (C=O) groups excluding carboxylic acids is 6. The number of hydrogen-bond donors (Lipinski definition) is 0.